The molecule has 2 aromatic carbocycles. The molecule has 22 heavy (non-hydrogen) atoms. The highest BCUT2D eigenvalue weighted by Crippen LogP contribution is 2.26. The van der Waals surface area contributed by atoms with E-state index < -0.39 is 0 Å². The van der Waals surface area contributed by atoms with E-state index in [-0.39, 0.29) is 5.91 Å². The number of carbonyl (C=O) groups excluding carboxylic acids is 1. The van der Waals surface area contributed by atoms with E-state index in [0.717, 1.165) is 28.1 Å². The molecule has 110 valence electrons. The van der Waals surface area contributed by atoms with Crippen LogP contribution in [0.5, 0.6) is 0 Å². The van der Waals surface area contributed by atoms with Crippen LogP contribution in [0.15, 0.2) is 54.0 Å². The van der Waals surface area contributed by atoms with Crippen LogP contribution in [0.1, 0.15) is 20.8 Å². The number of hydrogen-bond donors (Lipinski definition) is 1. The van der Waals surface area contributed by atoms with Gasteiger partial charge in [0, 0.05) is 11.3 Å². The van der Waals surface area contributed by atoms with E-state index >= 15 is 0 Å². The van der Waals surface area contributed by atoms with Gasteiger partial charge in [-0.2, -0.15) is 0 Å². The summed E-state index contributed by atoms with van der Waals surface area (Å²) in [5.74, 6) is -0.119. The van der Waals surface area contributed by atoms with Gasteiger partial charge in [0.15, 0.2) is 0 Å². The van der Waals surface area contributed by atoms with Crippen LogP contribution in [0.25, 0.3) is 11.3 Å². The first-order valence-electron chi connectivity index (χ1n) is 7.02. The highest BCUT2D eigenvalue weighted by Gasteiger charge is 2.16. The summed E-state index contributed by atoms with van der Waals surface area (Å²) in [5, 5.41) is 2.97. The Hall–Kier alpha value is -2.46. The third-order valence-electron chi connectivity index (χ3n) is 3.30. The van der Waals surface area contributed by atoms with Gasteiger partial charge in [0.2, 0.25) is 0 Å². The van der Waals surface area contributed by atoms with Crippen molar-refractivity contribution in [2.24, 2.45) is 0 Å². The SMILES string of the molecule is Cc1cc(C)cc(NC(=O)c2scnc2-c2ccccc2)c1. The van der Waals surface area contributed by atoms with Crippen LogP contribution >= 0.6 is 11.3 Å². The van der Waals surface area contributed by atoms with Gasteiger partial charge in [-0.25, -0.2) is 4.98 Å². The first-order chi connectivity index (χ1) is 10.6. The van der Waals surface area contributed by atoms with Crippen molar-refractivity contribution in [2.45, 2.75) is 13.8 Å². The third kappa shape index (κ3) is 3.07. The average Bonchev–Trinajstić information content (AvgIpc) is 2.96. The van der Waals surface area contributed by atoms with Crippen molar-refractivity contribution in [3.8, 4) is 11.3 Å². The maximum Gasteiger partial charge on any atom is 0.268 e. The number of rotatable bonds is 3. The highest BCUT2D eigenvalue weighted by molar-refractivity contribution is 7.12. The largest absolute Gasteiger partial charge is 0.321 e. The molecule has 0 aliphatic heterocycles. The fraction of sp³-hybridized carbons (Fsp3) is 0.111. The Bertz CT molecular complexity index is 789. The Balaban J connectivity index is 1.89. The standard InChI is InChI=1S/C18H16N2OS/c1-12-8-13(2)10-15(9-12)20-18(21)17-16(19-11-22-17)14-6-4-3-5-7-14/h3-11H,1-2H3,(H,20,21). The molecule has 1 amide bonds. The number of benzene rings is 2. The van der Waals surface area contributed by atoms with Crippen LogP contribution in [0.4, 0.5) is 5.69 Å². The Kier molecular flexibility index (Phi) is 4.02. The molecule has 3 rings (SSSR count). The molecule has 0 aliphatic rings. The molecule has 0 saturated heterocycles. The molecule has 0 fully saturated rings. The molecule has 0 spiro atoms. The summed E-state index contributed by atoms with van der Waals surface area (Å²) in [6, 6.07) is 15.8. The van der Waals surface area contributed by atoms with Gasteiger partial charge in [-0.1, -0.05) is 36.4 Å². The fourth-order valence-electron chi connectivity index (χ4n) is 2.44. The molecule has 0 unspecified atom stereocenters. The summed E-state index contributed by atoms with van der Waals surface area (Å²) in [4.78, 5) is 17.5. The van der Waals surface area contributed by atoms with E-state index in [9.17, 15) is 4.79 Å². The molecule has 0 radical (unpaired) electrons. The Morgan fingerprint density at radius 3 is 2.41 bits per heavy atom. The van der Waals surface area contributed by atoms with Gasteiger partial charge in [0.1, 0.15) is 4.88 Å². The number of aromatic nitrogens is 1. The number of thiazole rings is 1. The van der Waals surface area contributed by atoms with E-state index in [4.69, 9.17) is 0 Å². The molecule has 4 heteroatoms. The first-order valence-corrected chi connectivity index (χ1v) is 7.90. The van der Waals surface area contributed by atoms with Gasteiger partial charge in [0.25, 0.3) is 5.91 Å². The van der Waals surface area contributed by atoms with Gasteiger partial charge >= 0.3 is 0 Å². The topological polar surface area (TPSA) is 42.0 Å². The van der Waals surface area contributed by atoms with Crippen molar-refractivity contribution in [3.63, 3.8) is 0 Å². The molecule has 0 saturated carbocycles. The van der Waals surface area contributed by atoms with Crippen LogP contribution in [0, 0.1) is 13.8 Å². The van der Waals surface area contributed by atoms with Gasteiger partial charge in [0.05, 0.1) is 11.2 Å². The number of aryl methyl sites for hydroxylation is 2. The lowest BCUT2D eigenvalue weighted by atomic mass is 10.1. The maximum atomic E-state index is 12.6. The Morgan fingerprint density at radius 1 is 1.05 bits per heavy atom. The van der Waals surface area contributed by atoms with Crippen LogP contribution in [0.2, 0.25) is 0 Å². The molecule has 1 heterocycles. The number of amides is 1. The third-order valence-corrected chi connectivity index (χ3v) is 4.13. The minimum absolute atomic E-state index is 0.119. The predicted molar refractivity (Wildman–Crippen MR) is 91.4 cm³/mol. The minimum Gasteiger partial charge on any atom is -0.321 e. The van der Waals surface area contributed by atoms with Crippen molar-refractivity contribution >= 4 is 22.9 Å². The van der Waals surface area contributed by atoms with Crippen molar-refractivity contribution in [2.75, 3.05) is 5.32 Å². The lowest BCUT2D eigenvalue weighted by Gasteiger charge is -2.07. The first kappa shape index (κ1) is 14.5. The van der Waals surface area contributed by atoms with E-state index in [0.29, 0.717) is 4.88 Å². The monoisotopic (exact) mass is 308 g/mol. The smallest absolute Gasteiger partial charge is 0.268 e. The summed E-state index contributed by atoms with van der Waals surface area (Å²) in [5.41, 5.74) is 6.46. The lowest BCUT2D eigenvalue weighted by Crippen LogP contribution is -2.11. The van der Waals surface area contributed by atoms with Crippen molar-refractivity contribution in [1.29, 1.82) is 0 Å². The number of carbonyl (C=O) groups is 1. The van der Waals surface area contributed by atoms with E-state index in [1.807, 2.05) is 56.3 Å². The van der Waals surface area contributed by atoms with Crippen LogP contribution in [0.3, 0.4) is 0 Å². The normalized spacial score (nSPS) is 10.5. The zero-order valence-corrected chi connectivity index (χ0v) is 13.3. The molecular formula is C18H16N2OS. The van der Waals surface area contributed by atoms with Gasteiger partial charge < -0.3 is 5.32 Å². The molecule has 1 aromatic heterocycles. The second-order valence-electron chi connectivity index (χ2n) is 5.23. The fourth-order valence-corrected chi connectivity index (χ4v) is 3.15. The van der Waals surface area contributed by atoms with Crippen LogP contribution in [-0.2, 0) is 0 Å². The Labute approximate surface area is 133 Å². The average molecular weight is 308 g/mol. The zero-order valence-electron chi connectivity index (χ0n) is 12.5. The van der Waals surface area contributed by atoms with Gasteiger partial charge in [-0.15, -0.1) is 11.3 Å². The summed E-state index contributed by atoms with van der Waals surface area (Å²) in [7, 11) is 0. The van der Waals surface area contributed by atoms with Crippen molar-refractivity contribution in [3.05, 3.63) is 70.0 Å². The quantitative estimate of drug-likeness (QED) is 0.763. The molecule has 1 N–H and O–H groups in total. The van der Waals surface area contributed by atoms with Crippen LogP contribution < -0.4 is 5.32 Å². The number of anilines is 1. The van der Waals surface area contributed by atoms with Crippen molar-refractivity contribution < 1.29 is 4.79 Å². The molecule has 0 bridgehead atoms. The maximum absolute atomic E-state index is 12.6. The molecule has 0 atom stereocenters. The highest BCUT2D eigenvalue weighted by atomic mass is 32.1. The van der Waals surface area contributed by atoms with Gasteiger partial charge in [-0.3, -0.25) is 4.79 Å². The summed E-state index contributed by atoms with van der Waals surface area (Å²) < 4.78 is 0. The molecule has 0 aliphatic carbocycles. The van der Waals surface area contributed by atoms with Crippen molar-refractivity contribution in [1.82, 2.24) is 4.98 Å². The minimum atomic E-state index is -0.119. The van der Waals surface area contributed by atoms with E-state index in [1.165, 1.54) is 11.3 Å². The lowest BCUT2D eigenvalue weighted by molar-refractivity contribution is 0.103. The molecule has 3 aromatic rings. The van der Waals surface area contributed by atoms with Gasteiger partial charge in [-0.05, 0) is 37.1 Å². The summed E-state index contributed by atoms with van der Waals surface area (Å²) in [6.07, 6.45) is 0. The number of hydrogen-bond acceptors (Lipinski definition) is 3. The predicted octanol–water partition coefficient (Wildman–Crippen LogP) is 4.68. The summed E-state index contributed by atoms with van der Waals surface area (Å²) in [6.45, 7) is 4.04. The van der Waals surface area contributed by atoms with E-state index in [1.54, 1.807) is 5.51 Å². The Morgan fingerprint density at radius 2 is 1.73 bits per heavy atom. The molecule has 3 nitrogen and oxygen atoms in total. The molecular weight excluding hydrogens is 292 g/mol. The number of nitrogens with zero attached hydrogens (tertiary/aromatic N) is 1. The summed E-state index contributed by atoms with van der Waals surface area (Å²) >= 11 is 1.36. The second kappa shape index (κ2) is 6.12. The second-order valence-corrected chi connectivity index (χ2v) is 6.08. The number of nitrogens with one attached hydrogen (secondary N) is 1. The van der Waals surface area contributed by atoms with E-state index in [2.05, 4.69) is 16.4 Å². The zero-order chi connectivity index (χ0) is 15.5. The van der Waals surface area contributed by atoms with Crippen LogP contribution in [-0.4, -0.2) is 10.9 Å².